The molecule has 37 heavy (non-hydrogen) atoms. The molecule has 190 valence electrons. The Morgan fingerprint density at radius 1 is 1.11 bits per heavy atom. The van der Waals surface area contributed by atoms with Crippen LogP contribution in [0.3, 0.4) is 0 Å². The first-order chi connectivity index (χ1) is 17.8. The van der Waals surface area contributed by atoms with Gasteiger partial charge >= 0.3 is 5.97 Å². The van der Waals surface area contributed by atoms with E-state index in [9.17, 15) is 14.4 Å². The van der Waals surface area contributed by atoms with Crippen LogP contribution in [0.2, 0.25) is 0 Å². The molecule has 1 unspecified atom stereocenters. The van der Waals surface area contributed by atoms with Crippen LogP contribution >= 0.6 is 11.3 Å². The van der Waals surface area contributed by atoms with Crippen LogP contribution in [0.5, 0.6) is 5.75 Å². The van der Waals surface area contributed by atoms with E-state index >= 15 is 0 Å². The van der Waals surface area contributed by atoms with Gasteiger partial charge in [-0.25, -0.2) is 9.79 Å². The van der Waals surface area contributed by atoms with Gasteiger partial charge in [-0.15, -0.1) is 0 Å². The molecule has 0 fully saturated rings. The number of nitrogens with zero attached hydrogens (tertiary/aromatic N) is 3. The summed E-state index contributed by atoms with van der Waals surface area (Å²) in [4.78, 5) is 47.5. The molecule has 8 nitrogen and oxygen atoms in total. The number of methoxy groups -OCH3 is 1. The molecule has 0 spiro atoms. The number of benzene rings is 2. The highest BCUT2D eigenvalue weighted by molar-refractivity contribution is 7.07. The van der Waals surface area contributed by atoms with Gasteiger partial charge in [-0.2, -0.15) is 0 Å². The second kappa shape index (κ2) is 9.48. The van der Waals surface area contributed by atoms with Crippen LogP contribution in [0.15, 0.2) is 69.6 Å². The number of thiazole rings is 1. The first kappa shape index (κ1) is 24.7. The van der Waals surface area contributed by atoms with Crippen LogP contribution in [0, 0.1) is 0 Å². The smallest absolute Gasteiger partial charge is 0.338 e. The van der Waals surface area contributed by atoms with E-state index in [1.807, 2.05) is 43.3 Å². The highest BCUT2D eigenvalue weighted by Crippen LogP contribution is 2.35. The maximum atomic E-state index is 14.1. The number of carbonyl (C=O) groups is 2. The van der Waals surface area contributed by atoms with Crippen molar-refractivity contribution in [3.63, 3.8) is 0 Å². The zero-order valence-electron chi connectivity index (χ0n) is 21.3. The maximum Gasteiger partial charge on any atom is 0.338 e. The first-order valence-corrected chi connectivity index (χ1v) is 12.9. The van der Waals surface area contributed by atoms with Gasteiger partial charge < -0.3 is 14.4 Å². The zero-order valence-corrected chi connectivity index (χ0v) is 22.1. The third-order valence-corrected chi connectivity index (χ3v) is 7.51. The Bertz CT molecular complexity index is 1630. The second-order valence-corrected chi connectivity index (χ2v) is 10.0. The van der Waals surface area contributed by atoms with E-state index in [1.165, 1.54) is 4.57 Å². The molecule has 1 atom stereocenters. The molecule has 2 aliphatic heterocycles. The van der Waals surface area contributed by atoms with Gasteiger partial charge in [-0.3, -0.25) is 14.2 Å². The Balaban J connectivity index is 1.80. The summed E-state index contributed by atoms with van der Waals surface area (Å²) in [6.45, 7) is 7.67. The molecule has 3 aromatic rings. The minimum atomic E-state index is -0.767. The summed E-state index contributed by atoms with van der Waals surface area (Å²) >= 11 is 1.16. The van der Waals surface area contributed by atoms with Gasteiger partial charge in [0.1, 0.15) is 10.3 Å². The van der Waals surface area contributed by atoms with Crippen LogP contribution in [-0.2, 0) is 14.3 Å². The molecular weight excluding hydrogens is 490 g/mol. The molecule has 9 heteroatoms. The summed E-state index contributed by atoms with van der Waals surface area (Å²) in [5.41, 5.74) is 2.95. The summed E-state index contributed by atoms with van der Waals surface area (Å²) in [7, 11) is 1.57. The lowest BCUT2D eigenvalue weighted by atomic mass is 9.95. The van der Waals surface area contributed by atoms with Crippen molar-refractivity contribution in [1.29, 1.82) is 0 Å². The number of rotatable bonds is 5. The van der Waals surface area contributed by atoms with Crippen molar-refractivity contribution >= 4 is 34.5 Å². The molecule has 0 N–H and O–H groups in total. The SMILES string of the molecule is CCN1C(=O)/C(=c2\sc3n(c2=O)C(c2ccc(OC)cc2)C(C(=O)OC(C)C)=C(C)N=3)c2ccccc21. The van der Waals surface area contributed by atoms with Gasteiger partial charge in [0, 0.05) is 12.1 Å². The molecule has 1 amide bonds. The second-order valence-electron chi connectivity index (χ2n) is 9.07. The fourth-order valence-corrected chi connectivity index (χ4v) is 5.96. The Hall–Kier alpha value is -3.98. The van der Waals surface area contributed by atoms with Crippen molar-refractivity contribution in [1.82, 2.24) is 4.57 Å². The van der Waals surface area contributed by atoms with Crippen LogP contribution in [0.4, 0.5) is 5.69 Å². The monoisotopic (exact) mass is 517 g/mol. The predicted octanol–water partition coefficient (Wildman–Crippen LogP) is 2.93. The molecule has 2 aliphatic rings. The third-order valence-electron chi connectivity index (χ3n) is 6.46. The van der Waals surface area contributed by atoms with Crippen LogP contribution in [0.1, 0.15) is 44.9 Å². The number of fused-ring (bicyclic) bond motifs is 2. The number of aromatic nitrogens is 1. The summed E-state index contributed by atoms with van der Waals surface area (Å²) in [5.74, 6) is -0.0993. The number of para-hydroxylation sites is 1. The lowest BCUT2D eigenvalue weighted by Crippen LogP contribution is -2.41. The van der Waals surface area contributed by atoms with Crippen LogP contribution in [-0.4, -0.2) is 36.2 Å². The number of allylic oxidation sites excluding steroid dienone is 1. The average molecular weight is 518 g/mol. The Labute approximate surface area is 217 Å². The van der Waals surface area contributed by atoms with E-state index in [2.05, 4.69) is 4.99 Å². The number of likely N-dealkylation sites (N-methyl/N-ethyl adjacent to an activating group) is 1. The molecule has 1 aromatic heterocycles. The summed E-state index contributed by atoms with van der Waals surface area (Å²) in [6, 6.07) is 13.9. The standard InChI is InChI=1S/C28H27N3O5S/c1-6-30-20-10-8-7-9-19(20)22(25(30)32)24-26(33)31-23(17-11-13-18(35-5)14-12-17)21(27(34)36-15(2)3)16(4)29-28(31)37-24/h7-15,23H,6H2,1-5H3/b24-22-. The van der Waals surface area contributed by atoms with Crippen molar-refractivity contribution in [2.24, 2.45) is 4.99 Å². The maximum absolute atomic E-state index is 14.1. The van der Waals surface area contributed by atoms with Crippen molar-refractivity contribution in [2.45, 2.75) is 39.8 Å². The van der Waals surface area contributed by atoms with Gasteiger partial charge in [0.25, 0.3) is 11.5 Å². The Kier molecular flexibility index (Phi) is 6.33. The predicted molar refractivity (Wildman–Crippen MR) is 141 cm³/mol. The van der Waals surface area contributed by atoms with E-state index in [1.54, 1.807) is 44.9 Å². The van der Waals surface area contributed by atoms with Crippen LogP contribution < -0.4 is 24.5 Å². The zero-order chi connectivity index (χ0) is 26.4. The average Bonchev–Trinajstić information content (AvgIpc) is 3.34. The molecule has 0 saturated heterocycles. The molecule has 2 aromatic carbocycles. The largest absolute Gasteiger partial charge is 0.497 e. The normalized spacial score (nSPS) is 18.1. The quantitative estimate of drug-likeness (QED) is 0.486. The van der Waals surface area contributed by atoms with Crippen molar-refractivity contribution < 1.29 is 19.1 Å². The highest BCUT2D eigenvalue weighted by Gasteiger charge is 2.37. The number of ether oxygens (including phenoxy) is 2. The molecular formula is C28H27N3O5S. The summed E-state index contributed by atoms with van der Waals surface area (Å²) in [6.07, 6.45) is -0.344. The number of anilines is 1. The third kappa shape index (κ3) is 3.99. The van der Waals surface area contributed by atoms with Crippen molar-refractivity contribution in [2.75, 3.05) is 18.6 Å². The highest BCUT2D eigenvalue weighted by atomic mass is 32.1. The van der Waals surface area contributed by atoms with Gasteiger partial charge in [-0.05, 0) is 51.5 Å². The van der Waals surface area contributed by atoms with Crippen LogP contribution in [0.25, 0.3) is 5.57 Å². The number of carbonyl (C=O) groups excluding carboxylic acids is 2. The lowest BCUT2D eigenvalue weighted by Gasteiger charge is -2.25. The first-order valence-electron chi connectivity index (χ1n) is 12.1. The van der Waals surface area contributed by atoms with E-state index in [4.69, 9.17) is 9.47 Å². The fourth-order valence-electron chi connectivity index (χ4n) is 4.83. The van der Waals surface area contributed by atoms with E-state index in [0.717, 1.165) is 22.6 Å². The number of hydrogen-bond donors (Lipinski definition) is 0. The minimum absolute atomic E-state index is 0.217. The van der Waals surface area contributed by atoms with Crippen molar-refractivity contribution in [3.8, 4) is 5.75 Å². The number of esters is 1. The van der Waals surface area contributed by atoms with Crippen molar-refractivity contribution in [3.05, 3.63) is 90.6 Å². The Morgan fingerprint density at radius 2 is 1.81 bits per heavy atom. The molecule has 0 bridgehead atoms. The summed E-state index contributed by atoms with van der Waals surface area (Å²) < 4.78 is 12.7. The van der Waals surface area contributed by atoms with Gasteiger partial charge in [-0.1, -0.05) is 41.7 Å². The lowest BCUT2D eigenvalue weighted by molar-refractivity contribution is -0.143. The van der Waals surface area contributed by atoms with Gasteiger partial charge in [0.2, 0.25) is 0 Å². The van der Waals surface area contributed by atoms with E-state index < -0.39 is 12.0 Å². The van der Waals surface area contributed by atoms with Gasteiger partial charge in [0.15, 0.2) is 4.80 Å². The minimum Gasteiger partial charge on any atom is -0.497 e. The topological polar surface area (TPSA) is 90.2 Å². The molecule has 5 rings (SSSR count). The van der Waals surface area contributed by atoms with E-state index in [0.29, 0.717) is 38.5 Å². The fraction of sp³-hybridized carbons (Fsp3) is 0.286. The molecule has 0 aliphatic carbocycles. The molecule has 3 heterocycles. The Morgan fingerprint density at radius 3 is 2.46 bits per heavy atom. The number of amides is 1. The molecule has 0 saturated carbocycles. The summed E-state index contributed by atoms with van der Waals surface area (Å²) in [5, 5.41) is 0. The molecule has 0 radical (unpaired) electrons. The van der Waals surface area contributed by atoms with Gasteiger partial charge in [0.05, 0.1) is 41.8 Å². The van der Waals surface area contributed by atoms with E-state index in [-0.39, 0.29) is 23.1 Å². The number of hydrogen-bond acceptors (Lipinski definition) is 7.